The van der Waals surface area contributed by atoms with E-state index in [4.69, 9.17) is 10.00 Å². The zero-order valence-corrected chi connectivity index (χ0v) is 10.1. The van der Waals surface area contributed by atoms with Crippen LogP contribution in [0.15, 0.2) is 54.6 Å². The van der Waals surface area contributed by atoms with Gasteiger partial charge in [0.25, 0.3) is 0 Å². The Morgan fingerprint density at radius 1 is 1.05 bits per heavy atom. The van der Waals surface area contributed by atoms with Gasteiger partial charge in [-0.1, -0.05) is 42.5 Å². The Morgan fingerprint density at radius 2 is 1.74 bits per heavy atom. The number of epoxide rings is 1. The van der Waals surface area contributed by atoms with E-state index in [1.54, 1.807) is 24.3 Å². The standard InChI is InChI=1S/C16H11NO2/c17-10-11-6-8-13(9-7-11)15-16(19-15)14(18)12-4-2-1-3-5-12/h1-9,15-16H/t15-,16-/m1/s1. The largest absolute Gasteiger partial charge is 0.356 e. The lowest BCUT2D eigenvalue weighted by Crippen LogP contribution is -2.07. The molecule has 0 bridgehead atoms. The molecule has 3 heteroatoms. The molecule has 1 fully saturated rings. The molecule has 0 radical (unpaired) electrons. The summed E-state index contributed by atoms with van der Waals surface area (Å²) in [6, 6.07) is 18.3. The van der Waals surface area contributed by atoms with Gasteiger partial charge >= 0.3 is 0 Å². The van der Waals surface area contributed by atoms with Crippen molar-refractivity contribution in [2.45, 2.75) is 12.2 Å². The first-order valence-electron chi connectivity index (χ1n) is 6.04. The normalized spacial score (nSPS) is 20.6. The van der Waals surface area contributed by atoms with Crippen LogP contribution in [0.4, 0.5) is 0 Å². The Labute approximate surface area is 111 Å². The van der Waals surface area contributed by atoms with Gasteiger partial charge in [-0.2, -0.15) is 5.26 Å². The molecule has 2 aromatic rings. The highest BCUT2D eigenvalue weighted by molar-refractivity contribution is 6.01. The lowest BCUT2D eigenvalue weighted by molar-refractivity contribution is 0.0953. The minimum Gasteiger partial charge on any atom is -0.356 e. The second-order valence-corrected chi connectivity index (χ2v) is 4.44. The number of rotatable bonds is 3. The Balaban J connectivity index is 1.74. The molecule has 92 valence electrons. The van der Waals surface area contributed by atoms with Gasteiger partial charge in [0.15, 0.2) is 11.9 Å². The maximum atomic E-state index is 12.1. The van der Waals surface area contributed by atoms with E-state index in [2.05, 4.69) is 6.07 Å². The van der Waals surface area contributed by atoms with Crippen molar-refractivity contribution in [1.82, 2.24) is 0 Å². The lowest BCUT2D eigenvalue weighted by atomic mass is 10.0. The molecular weight excluding hydrogens is 238 g/mol. The highest BCUT2D eigenvalue weighted by Crippen LogP contribution is 2.40. The zero-order chi connectivity index (χ0) is 13.2. The number of benzene rings is 2. The van der Waals surface area contributed by atoms with Crippen molar-refractivity contribution in [1.29, 1.82) is 5.26 Å². The van der Waals surface area contributed by atoms with Crippen LogP contribution in [0.3, 0.4) is 0 Å². The maximum absolute atomic E-state index is 12.1. The molecule has 0 aromatic heterocycles. The van der Waals surface area contributed by atoms with Crippen LogP contribution in [0, 0.1) is 11.3 Å². The SMILES string of the molecule is N#Cc1ccc([C@H]2O[C@@H]2C(=O)c2ccccc2)cc1. The van der Waals surface area contributed by atoms with Gasteiger partial charge in [-0.15, -0.1) is 0 Å². The maximum Gasteiger partial charge on any atom is 0.194 e. The van der Waals surface area contributed by atoms with Gasteiger partial charge in [0.1, 0.15) is 6.10 Å². The molecule has 0 unspecified atom stereocenters. The van der Waals surface area contributed by atoms with E-state index >= 15 is 0 Å². The summed E-state index contributed by atoms with van der Waals surface area (Å²) in [5.41, 5.74) is 2.22. The van der Waals surface area contributed by atoms with Gasteiger partial charge in [0.05, 0.1) is 11.6 Å². The average Bonchev–Trinajstić information content (AvgIpc) is 3.28. The van der Waals surface area contributed by atoms with E-state index in [1.807, 2.05) is 30.3 Å². The quantitative estimate of drug-likeness (QED) is 0.620. The van der Waals surface area contributed by atoms with E-state index in [1.165, 1.54) is 0 Å². The molecule has 0 aliphatic carbocycles. The highest BCUT2D eigenvalue weighted by atomic mass is 16.6. The molecule has 0 amide bonds. The van der Waals surface area contributed by atoms with Gasteiger partial charge in [-0.25, -0.2) is 0 Å². The summed E-state index contributed by atoms with van der Waals surface area (Å²) in [6.45, 7) is 0. The molecule has 0 saturated carbocycles. The Kier molecular flexibility index (Phi) is 2.86. The number of hydrogen-bond acceptors (Lipinski definition) is 3. The number of carbonyl (C=O) groups excluding carboxylic acids is 1. The van der Waals surface area contributed by atoms with Crippen LogP contribution in [0.1, 0.15) is 27.6 Å². The molecule has 3 nitrogen and oxygen atoms in total. The highest BCUT2D eigenvalue weighted by Gasteiger charge is 2.45. The van der Waals surface area contributed by atoms with E-state index in [0.717, 1.165) is 5.56 Å². The first-order chi connectivity index (χ1) is 9.29. The summed E-state index contributed by atoms with van der Waals surface area (Å²) < 4.78 is 5.46. The molecule has 0 N–H and O–H groups in total. The summed E-state index contributed by atoms with van der Waals surface area (Å²) in [5.74, 6) is 0.00922. The van der Waals surface area contributed by atoms with Crippen LogP contribution in [0.5, 0.6) is 0 Å². The topological polar surface area (TPSA) is 53.4 Å². The van der Waals surface area contributed by atoms with Crippen molar-refractivity contribution in [3.05, 3.63) is 71.3 Å². The summed E-state index contributed by atoms with van der Waals surface area (Å²) in [5, 5.41) is 8.74. The molecular formula is C16H11NO2. The molecule has 1 saturated heterocycles. The molecule has 3 rings (SSSR count). The fraction of sp³-hybridized carbons (Fsp3) is 0.125. The summed E-state index contributed by atoms with van der Waals surface area (Å²) >= 11 is 0. The minimum atomic E-state index is -0.393. The molecule has 1 aliphatic heterocycles. The van der Waals surface area contributed by atoms with Gasteiger partial charge in [0, 0.05) is 5.56 Å². The number of ketones is 1. The van der Waals surface area contributed by atoms with Crippen molar-refractivity contribution in [2.75, 3.05) is 0 Å². The zero-order valence-electron chi connectivity index (χ0n) is 10.1. The van der Waals surface area contributed by atoms with E-state index in [0.29, 0.717) is 11.1 Å². The number of ether oxygens (including phenoxy) is 1. The second-order valence-electron chi connectivity index (χ2n) is 4.44. The number of carbonyl (C=O) groups is 1. The molecule has 2 atom stereocenters. The van der Waals surface area contributed by atoms with Gasteiger partial charge in [-0.3, -0.25) is 4.79 Å². The molecule has 19 heavy (non-hydrogen) atoms. The van der Waals surface area contributed by atoms with Crippen LogP contribution in [0.2, 0.25) is 0 Å². The van der Waals surface area contributed by atoms with E-state index in [-0.39, 0.29) is 11.9 Å². The van der Waals surface area contributed by atoms with E-state index < -0.39 is 6.10 Å². The monoisotopic (exact) mass is 249 g/mol. The third-order valence-electron chi connectivity index (χ3n) is 3.18. The van der Waals surface area contributed by atoms with Crippen LogP contribution in [-0.2, 0) is 4.74 Å². The van der Waals surface area contributed by atoms with Gasteiger partial charge in [0.2, 0.25) is 0 Å². The fourth-order valence-corrected chi connectivity index (χ4v) is 2.08. The molecule has 0 spiro atoms. The number of Topliss-reactive ketones (excluding diaryl/α,β-unsaturated/α-hetero) is 1. The average molecular weight is 249 g/mol. The summed E-state index contributed by atoms with van der Waals surface area (Å²) in [7, 11) is 0. The predicted molar refractivity (Wildman–Crippen MR) is 69.5 cm³/mol. The van der Waals surface area contributed by atoms with Crippen LogP contribution in [-0.4, -0.2) is 11.9 Å². The third-order valence-corrected chi connectivity index (χ3v) is 3.18. The predicted octanol–water partition coefficient (Wildman–Crippen LogP) is 2.88. The Morgan fingerprint density at radius 3 is 2.37 bits per heavy atom. The number of nitriles is 1. The van der Waals surface area contributed by atoms with Crippen molar-refractivity contribution >= 4 is 5.78 Å². The van der Waals surface area contributed by atoms with Crippen molar-refractivity contribution in [3.8, 4) is 6.07 Å². The number of hydrogen-bond donors (Lipinski definition) is 0. The Bertz CT molecular complexity index is 641. The second kappa shape index (κ2) is 4.68. The summed E-state index contributed by atoms with van der Waals surface area (Å²) in [4.78, 5) is 12.1. The lowest BCUT2D eigenvalue weighted by Gasteiger charge is -1.97. The smallest absolute Gasteiger partial charge is 0.194 e. The van der Waals surface area contributed by atoms with E-state index in [9.17, 15) is 4.79 Å². The van der Waals surface area contributed by atoms with Gasteiger partial charge < -0.3 is 4.74 Å². The van der Waals surface area contributed by atoms with Gasteiger partial charge in [-0.05, 0) is 17.7 Å². The number of nitrogens with zero attached hydrogens (tertiary/aromatic N) is 1. The summed E-state index contributed by atoms with van der Waals surface area (Å²) in [6.07, 6.45) is -0.573. The first kappa shape index (κ1) is 11.6. The fourth-order valence-electron chi connectivity index (χ4n) is 2.08. The molecule has 1 aliphatic rings. The molecule has 1 heterocycles. The first-order valence-corrected chi connectivity index (χ1v) is 6.04. The van der Waals surface area contributed by atoms with Crippen molar-refractivity contribution < 1.29 is 9.53 Å². The minimum absolute atomic E-state index is 0.00922. The van der Waals surface area contributed by atoms with Crippen LogP contribution in [0.25, 0.3) is 0 Å². The van der Waals surface area contributed by atoms with Crippen LogP contribution >= 0.6 is 0 Å². The van der Waals surface area contributed by atoms with Crippen molar-refractivity contribution in [3.63, 3.8) is 0 Å². The third kappa shape index (κ3) is 2.26. The van der Waals surface area contributed by atoms with Crippen molar-refractivity contribution in [2.24, 2.45) is 0 Å². The Hall–Kier alpha value is -2.44. The molecule has 2 aromatic carbocycles. The van der Waals surface area contributed by atoms with Crippen LogP contribution < -0.4 is 0 Å².